The van der Waals surface area contributed by atoms with Crippen LogP contribution in [-0.4, -0.2) is 47.4 Å². The SMILES string of the molecule is CN(CC(=O)N1CCC[C@H](c2ncc(Cc3ccc(Cl)cc3)o2)C1)Cc1ccc(F)cc1. The van der Waals surface area contributed by atoms with Crippen molar-refractivity contribution in [2.45, 2.75) is 31.7 Å². The number of likely N-dealkylation sites (tertiary alicyclic amines) is 1. The molecule has 32 heavy (non-hydrogen) atoms. The standard InChI is InChI=1S/C25H27ClFN3O2/c1-29(15-19-6-10-22(27)11-7-19)17-24(31)30-12-2-3-20(16-30)25-28-14-23(32-25)13-18-4-8-21(26)9-5-18/h4-11,14,20H,2-3,12-13,15-17H2,1H3/t20-/m0/s1. The van der Waals surface area contributed by atoms with E-state index in [1.807, 2.05) is 41.1 Å². The van der Waals surface area contributed by atoms with Gasteiger partial charge in [0.1, 0.15) is 11.6 Å². The van der Waals surface area contributed by atoms with Crippen molar-refractivity contribution in [1.29, 1.82) is 0 Å². The van der Waals surface area contributed by atoms with Gasteiger partial charge in [0.2, 0.25) is 5.91 Å². The Balaban J connectivity index is 1.31. The van der Waals surface area contributed by atoms with Crippen LogP contribution in [0.4, 0.5) is 4.39 Å². The molecule has 1 amide bonds. The van der Waals surface area contributed by atoms with E-state index in [1.165, 1.54) is 12.1 Å². The minimum Gasteiger partial charge on any atom is -0.445 e. The lowest BCUT2D eigenvalue weighted by molar-refractivity contribution is -0.133. The van der Waals surface area contributed by atoms with E-state index in [1.54, 1.807) is 18.3 Å². The number of nitrogens with zero attached hydrogens (tertiary/aromatic N) is 3. The molecule has 1 atom stereocenters. The molecule has 168 valence electrons. The van der Waals surface area contributed by atoms with E-state index in [-0.39, 0.29) is 17.6 Å². The molecule has 0 saturated carbocycles. The second-order valence-corrected chi connectivity index (χ2v) is 8.88. The van der Waals surface area contributed by atoms with E-state index >= 15 is 0 Å². The molecule has 0 N–H and O–H groups in total. The summed E-state index contributed by atoms with van der Waals surface area (Å²) in [6.07, 6.45) is 4.32. The fourth-order valence-corrected chi connectivity index (χ4v) is 4.22. The largest absolute Gasteiger partial charge is 0.445 e. The first-order valence-electron chi connectivity index (χ1n) is 10.9. The summed E-state index contributed by atoms with van der Waals surface area (Å²) in [7, 11) is 1.90. The Kier molecular flexibility index (Phi) is 7.22. The highest BCUT2D eigenvalue weighted by atomic mass is 35.5. The minimum absolute atomic E-state index is 0.0901. The Morgan fingerprint density at radius 1 is 1.19 bits per heavy atom. The number of hydrogen-bond donors (Lipinski definition) is 0. The zero-order valence-electron chi connectivity index (χ0n) is 18.1. The maximum absolute atomic E-state index is 13.1. The topological polar surface area (TPSA) is 49.6 Å². The zero-order valence-corrected chi connectivity index (χ0v) is 18.9. The Hall–Kier alpha value is -2.70. The molecule has 1 saturated heterocycles. The number of oxazole rings is 1. The number of benzene rings is 2. The minimum atomic E-state index is -0.255. The summed E-state index contributed by atoms with van der Waals surface area (Å²) >= 11 is 5.95. The molecule has 7 heteroatoms. The van der Waals surface area contributed by atoms with Crippen molar-refractivity contribution in [2.75, 3.05) is 26.7 Å². The third-order valence-electron chi connectivity index (χ3n) is 5.76. The van der Waals surface area contributed by atoms with Gasteiger partial charge >= 0.3 is 0 Å². The zero-order chi connectivity index (χ0) is 22.5. The second kappa shape index (κ2) is 10.3. The number of hydrogen-bond acceptors (Lipinski definition) is 4. The first-order chi connectivity index (χ1) is 15.5. The Morgan fingerprint density at radius 2 is 1.91 bits per heavy atom. The summed E-state index contributed by atoms with van der Waals surface area (Å²) in [6, 6.07) is 14.1. The van der Waals surface area contributed by atoms with Crippen molar-refractivity contribution in [3.8, 4) is 0 Å². The van der Waals surface area contributed by atoms with Crippen LogP contribution in [0.1, 0.15) is 41.5 Å². The normalized spacial score (nSPS) is 16.5. The van der Waals surface area contributed by atoms with Gasteiger partial charge in [-0.05, 0) is 55.3 Å². The van der Waals surface area contributed by atoms with Crippen LogP contribution in [0.2, 0.25) is 5.02 Å². The average molecular weight is 456 g/mol. The predicted octanol–water partition coefficient (Wildman–Crippen LogP) is 4.90. The molecule has 1 aliphatic heterocycles. The molecule has 0 radical (unpaired) electrons. The maximum Gasteiger partial charge on any atom is 0.236 e. The summed E-state index contributed by atoms with van der Waals surface area (Å²) in [6.45, 7) is 2.27. The lowest BCUT2D eigenvalue weighted by Crippen LogP contribution is -2.43. The first kappa shape index (κ1) is 22.5. The van der Waals surface area contributed by atoms with Crippen LogP contribution in [0.25, 0.3) is 0 Å². The molecule has 4 rings (SSSR count). The van der Waals surface area contributed by atoms with Crippen LogP contribution in [-0.2, 0) is 17.8 Å². The van der Waals surface area contributed by atoms with E-state index in [9.17, 15) is 9.18 Å². The molecule has 0 bridgehead atoms. The monoisotopic (exact) mass is 455 g/mol. The van der Waals surface area contributed by atoms with E-state index in [2.05, 4.69) is 4.98 Å². The molecule has 0 aliphatic carbocycles. The maximum atomic E-state index is 13.1. The number of carbonyl (C=O) groups is 1. The Labute approximate surface area is 192 Å². The van der Waals surface area contributed by atoms with Crippen LogP contribution in [0, 0.1) is 5.82 Å². The van der Waals surface area contributed by atoms with Crippen LogP contribution >= 0.6 is 11.6 Å². The highest BCUT2D eigenvalue weighted by Crippen LogP contribution is 2.27. The van der Waals surface area contributed by atoms with Crippen LogP contribution in [0.5, 0.6) is 0 Å². The number of halogens is 2. The van der Waals surface area contributed by atoms with E-state index in [0.29, 0.717) is 37.0 Å². The number of likely N-dealkylation sites (N-methyl/N-ethyl adjacent to an activating group) is 1. The summed E-state index contributed by atoms with van der Waals surface area (Å²) in [5.74, 6) is 1.45. The fraction of sp³-hybridized carbons (Fsp3) is 0.360. The number of carbonyl (C=O) groups excluding carboxylic acids is 1. The lowest BCUT2D eigenvalue weighted by Gasteiger charge is -2.32. The molecule has 2 aromatic carbocycles. The van der Waals surface area contributed by atoms with Crippen molar-refractivity contribution in [1.82, 2.24) is 14.8 Å². The van der Waals surface area contributed by atoms with Gasteiger partial charge in [0, 0.05) is 31.1 Å². The van der Waals surface area contributed by atoms with Gasteiger partial charge in [0.05, 0.1) is 18.7 Å². The molecule has 3 aromatic rings. The molecule has 0 spiro atoms. The molecule has 1 aliphatic rings. The highest BCUT2D eigenvalue weighted by Gasteiger charge is 2.28. The molecule has 1 aromatic heterocycles. The van der Waals surface area contributed by atoms with E-state index < -0.39 is 0 Å². The van der Waals surface area contributed by atoms with Gasteiger partial charge in [-0.25, -0.2) is 9.37 Å². The number of rotatable bonds is 7. The quantitative estimate of drug-likeness (QED) is 0.508. The van der Waals surface area contributed by atoms with Crippen LogP contribution < -0.4 is 0 Å². The Morgan fingerprint density at radius 3 is 2.66 bits per heavy atom. The average Bonchev–Trinajstić information content (AvgIpc) is 3.25. The van der Waals surface area contributed by atoms with Gasteiger partial charge in [-0.15, -0.1) is 0 Å². The van der Waals surface area contributed by atoms with Crippen molar-refractivity contribution in [2.24, 2.45) is 0 Å². The third kappa shape index (κ3) is 5.96. The highest BCUT2D eigenvalue weighted by molar-refractivity contribution is 6.30. The molecular formula is C25H27ClFN3O2. The lowest BCUT2D eigenvalue weighted by atomic mass is 9.98. The predicted molar refractivity (Wildman–Crippen MR) is 122 cm³/mol. The van der Waals surface area contributed by atoms with Crippen molar-refractivity contribution < 1.29 is 13.6 Å². The van der Waals surface area contributed by atoms with Gasteiger partial charge in [-0.3, -0.25) is 9.69 Å². The smallest absolute Gasteiger partial charge is 0.236 e. The molecule has 5 nitrogen and oxygen atoms in total. The van der Waals surface area contributed by atoms with Crippen molar-refractivity contribution in [3.63, 3.8) is 0 Å². The first-order valence-corrected chi connectivity index (χ1v) is 11.2. The van der Waals surface area contributed by atoms with E-state index in [0.717, 1.165) is 36.3 Å². The van der Waals surface area contributed by atoms with Crippen LogP contribution in [0.3, 0.4) is 0 Å². The summed E-state index contributed by atoms with van der Waals surface area (Å²) < 4.78 is 19.1. The molecular weight excluding hydrogens is 429 g/mol. The summed E-state index contributed by atoms with van der Waals surface area (Å²) in [4.78, 5) is 21.2. The van der Waals surface area contributed by atoms with Crippen molar-refractivity contribution >= 4 is 17.5 Å². The van der Waals surface area contributed by atoms with Gasteiger partial charge in [0.25, 0.3) is 0 Å². The van der Waals surface area contributed by atoms with E-state index in [4.69, 9.17) is 16.0 Å². The van der Waals surface area contributed by atoms with Gasteiger partial charge < -0.3 is 9.32 Å². The summed E-state index contributed by atoms with van der Waals surface area (Å²) in [5, 5.41) is 0.710. The number of piperidine rings is 1. The van der Waals surface area contributed by atoms with Gasteiger partial charge in [-0.1, -0.05) is 35.9 Å². The third-order valence-corrected chi connectivity index (χ3v) is 6.01. The van der Waals surface area contributed by atoms with Gasteiger partial charge in [-0.2, -0.15) is 0 Å². The Bertz CT molecular complexity index is 1040. The second-order valence-electron chi connectivity index (χ2n) is 8.45. The number of amides is 1. The molecule has 2 heterocycles. The molecule has 1 fully saturated rings. The molecule has 0 unspecified atom stereocenters. The van der Waals surface area contributed by atoms with Crippen molar-refractivity contribution in [3.05, 3.63) is 88.3 Å². The van der Waals surface area contributed by atoms with Gasteiger partial charge in [0.15, 0.2) is 5.89 Å². The van der Waals surface area contributed by atoms with Crippen LogP contribution in [0.15, 0.2) is 59.1 Å². The fourth-order valence-electron chi connectivity index (χ4n) is 4.09. The number of aromatic nitrogens is 1. The summed E-state index contributed by atoms with van der Waals surface area (Å²) in [5.41, 5.74) is 2.09.